The highest BCUT2D eigenvalue weighted by molar-refractivity contribution is 7.84. The van der Waals surface area contributed by atoms with Crippen LogP contribution in [0.25, 0.3) is 0 Å². The minimum Gasteiger partial charge on any atom is -0.367 e. The number of hydrogen-bond donors (Lipinski definition) is 1. The number of halogens is 6. The number of aromatic nitrogens is 1. The molecule has 1 atom stereocenters. The molecule has 0 amide bonds. The molecule has 0 radical (unpaired) electrons. The van der Waals surface area contributed by atoms with Crippen molar-refractivity contribution in [2.24, 2.45) is 5.92 Å². The van der Waals surface area contributed by atoms with Crippen molar-refractivity contribution >= 4 is 16.6 Å². The van der Waals surface area contributed by atoms with Gasteiger partial charge < -0.3 is 9.84 Å². The van der Waals surface area contributed by atoms with Gasteiger partial charge in [-0.15, -0.1) is 0 Å². The summed E-state index contributed by atoms with van der Waals surface area (Å²) < 4.78 is 94.7. The van der Waals surface area contributed by atoms with Gasteiger partial charge in [-0.2, -0.15) is 26.3 Å². The lowest BCUT2D eigenvalue weighted by molar-refractivity contribution is -0.143. The van der Waals surface area contributed by atoms with Crippen molar-refractivity contribution in [2.75, 3.05) is 11.9 Å². The Bertz CT molecular complexity index is 798. The predicted molar refractivity (Wildman–Crippen MR) is 91.0 cm³/mol. The summed E-state index contributed by atoms with van der Waals surface area (Å²) in [4.78, 5) is -0.590. The molecule has 2 aromatic rings. The van der Waals surface area contributed by atoms with E-state index in [1.54, 1.807) is 0 Å². The molecule has 1 unspecified atom stereocenters. The SMILES string of the molecule is CC(C)CCNc1cc(CS(=O)c2cc(C(F)(F)F)cc(C(F)(F)F)c2)on1. The van der Waals surface area contributed by atoms with Crippen molar-refractivity contribution in [3.8, 4) is 0 Å². The van der Waals surface area contributed by atoms with E-state index in [0.29, 0.717) is 30.4 Å². The second-order valence-corrected chi connectivity index (χ2v) is 7.97. The molecule has 1 aromatic heterocycles. The molecule has 0 saturated carbocycles. The number of nitrogens with zero attached hydrogens (tertiary/aromatic N) is 1. The van der Waals surface area contributed by atoms with Crippen LogP contribution in [0, 0.1) is 5.92 Å². The molecule has 2 rings (SSSR count). The topological polar surface area (TPSA) is 55.1 Å². The molecular weight excluding hydrogens is 410 g/mol. The highest BCUT2D eigenvalue weighted by Crippen LogP contribution is 2.37. The highest BCUT2D eigenvalue weighted by Gasteiger charge is 2.37. The Labute approximate surface area is 159 Å². The van der Waals surface area contributed by atoms with Gasteiger partial charge in [0.05, 0.1) is 27.7 Å². The van der Waals surface area contributed by atoms with Crippen LogP contribution in [0.1, 0.15) is 37.2 Å². The Morgan fingerprint density at radius 3 is 2.11 bits per heavy atom. The first-order valence-electron chi connectivity index (χ1n) is 8.23. The van der Waals surface area contributed by atoms with Gasteiger partial charge in [0.2, 0.25) is 0 Å². The normalized spacial score (nSPS) is 13.8. The second kappa shape index (κ2) is 8.54. The maximum Gasteiger partial charge on any atom is 0.416 e. The van der Waals surface area contributed by atoms with Gasteiger partial charge in [0.25, 0.3) is 0 Å². The number of rotatable bonds is 7. The standard InChI is InChI=1S/C17H18F6N2O2S/c1-10(2)3-4-24-15-8-13(27-25-15)9-28(26)14-6-11(16(18,19)20)5-12(7-14)17(21,22)23/h5-8,10H,3-4,9H2,1-2H3,(H,24,25). The molecule has 0 spiro atoms. The van der Waals surface area contributed by atoms with Gasteiger partial charge in [-0.05, 0) is 30.5 Å². The van der Waals surface area contributed by atoms with Crippen LogP contribution in [0.4, 0.5) is 32.2 Å². The summed E-state index contributed by atoms with van der Waals surface area (Å²) in [5.41, 5.74) is -3.03. The highest BCUT2D eigenvalue weighted by atomic mass is 32.2. The van der Waals surface area contributed by atoms with Crippen LogP contribution in [0.5, 0.6) is 0 Å². The maximum atomic E-state index is 12.9. The zero-order chi connectivity index (χ0) is 21.1. The summed E-state index contributed by atoms with van der Waals surface area (Å²) in [6.07, 6.45) is -9.14. The molecule has 156 valence electrons. The Kier molecular flexibility index (Phi) is 6.79. The van der Waals surface area contributed by atoms with Gasteiger partial charge in [-0.25, -0.2) is 0 Å². The smallest absolute Gasteiger partial charge is 0.367 e. The average Bonchev–Trinajstić information content (AvgIpc) is 2.99. The lowest BCUT2D eigenvalue weighted by Crippen LogP contribution is -2.12. The minimum absolute atomic E-state index is 0.00804. The van der Waals surface area contributed by atoms with Crippen LogP contribution in [0.15, 0.2) is 33.7 Å². The van der Waals surface area contributed by atoms with Gasteiger partial charge in [0.1, 0.15) is 0 Å². The number of hydrogen-bond acceptors (Lipinski definition) is 4. The molecule has 28 heavy (non-hydrogen) atoms. The van der Waals surface area contributed by atoms with E-state index in [4.69, 9.17) is 4.52 Å². The number of nitrogens with one attached hydrogen (secondary N) is 1. The fraction of sp³-hybridized carbons (Fsp3) is 0.471. The van der Waals surface area contributed by atoms with Crippen molar-refractivity contribution in [3.63, 3.8) is 0 Å². The van der Waals surface area contributed by atoms with Gasteiger partial charge in [-0.3, -0.25) is 4.21 Å². The Balaban J connectivity index is 2.19. The molecule has 0 fully saturated rings. The van der Waals surface area contributed by atoms with Crippen molar-refractivity contribution in [1.82, 2.24) is 5.16 Å². The van der Waals surface area contributed by atoms with Crippen molar-refractivity contribution in [1.29, 1.82) is 0 Å². The lowest BCUT2D eigenvalue weighted by Gasteiger charge is -2.13. The van der Waals surface area contributed by atoms with Crippen molar-refractivity contribution < 1.29 is 35.1 Å². The van der Waals surface area contributed by atoms with Crippen LogP contribution >= 0.6 is 0 Å². The summed E-state index contributed by atoms with van der Waals surface area (Å²) in [6, 6.07) is 2.30. The Morgan fingerprint density at radius 1 is 1.04 bits per heavy atom. The Morgan fingerprint density at radius 2 is 1.61 bits per heavy atom. The minimum atomic E-state index is -5.00. The van der Waals surface area contributed by atoms with E-state index in [9.17, 15) is 30.6 Å². The summed E-state index contributed by atoms with van der Waals surface area (Å²) in [5.74, 6) is 0.483. The molecule has 1 N–H and O–H groups in total. The fourth-order valence-electron chi connectivity index (χ4n) is 2.22. The summed E-state index contributed by atoms with van der Waals surface area (Å²) in [5, 5.41) is 6.66. The van der Waals surface area contributed by atoms with E-state index < -0.39 is 44.9 Å². The van der Waals surface area contributed by atoms with Gasteiger partial charge in [0.15, 0.2) is 11.6 Å². The first-order valence-corrected chi connectivity index (χ1v) is 9.55. The molecule has 0 aliphatic heterocycles. The predicted octanol–water partition coefficient (Wildman–Crippen LogP) is 5.48. The van der Waals surface area contributed by atoms with E-state index in [0.717, 1.165) is 6.42 Å². The quantitative estimate of drug-likeness (QED) is 0.594. The van der Waals surface area contributed by atoms with Gasteiger partial charge >= 0.3 is 12.4 Å². The number of alkyl halides is 6. The summed E-state index contributed by atoms with van der Waals surface area (Å²) in [6.45, 7) is 4.67. The third-order valence-corrected chi connectivity index (χ3v) is 4.99. The van der Waals surface area contributed by atoms with Crippen molar-refractivity contribution in [2.45, 2.75) is 43.3 Å². The van der Waals surface area contributed by atoms with E-state index in [1.165, 1.54) is 6.07 Å². The van der Waals surface area contributed by atoms with Crippen LogP contribution in [-0.2, 0) is 28.9 Å². The number of benzene rings is 1. The molecule has 1 aromatic carbocycles. The maximum absolute atomic E-state index is 12.9. The van der Waals surface area contributed by atoms with Crippen LogP contribution in [-0.4, -0.2) is 15.9 Å². The largest absolute Gasteiger partial charge is 0.416 e. The molecule has 1 heterocycles. The average molecular weight is 428 g/mol. The molecule has 0 saturated heterocycles. The zero-order valence-electron chi connectivity index (χ0n) is 14.9. The monoisotopic (exact) mass is 428 g/mol. The molecule has 0 aliphatic rings. The third kappa shape index (κ3) is 6.25. The number of anilines is 1. The van der Waals surface area contributed by atoms with Crippen LogP contribution in [0.3, 0.4) is 0 Å². The van der Waals surface area contributed by atoms with Gasteiger partial charge in [-0.1, -0.05) is 19.0 Å². The first kappa shape index (κ1) is 22.3. The molecule has 0 aliphatic carbocycles. The van der Waals surface area contributed by atoms with Crippen molar-refractivity contribution in [3.05, 3.63) is 41.2 Å². The summed E-state index contributed by atoms with van der Waals surface area (Å²) in [7, 11) is -2.19. The molecule has 11 heteroatoms. The molecular formula is C17H18F6N2O2S. The third-order valence-electron chi connectivity index (χ3n) is 3.68. The van der Waals surface area contributed by atoms with E-state index in [-0.39, 0.29) is 11.8 Å². The van der Waals surface area contributed by atoms with E-state index >= 15 is 0 Å². The van der Waals surface area contributed by atoms with Crippen LogP contribution in [0.2, 0.25) is 0 Å². The van der Waals surface area contributed by atoms with E-state index in [1.807, 2.05) is 13.8 Å². The first-order chi connectivity index (χ1) is 12.9. The van der Waals surface area contributed by atoms with E-state index in [2.05, 4.69) is 10.5 Å². The Hall–Kier alpha value is -2.04. The molecule has 4 nitrogen and oxygen atoms in total. The zero-order valence-corrected chi connectivity index (χ0v) is 15.8. The summed E-state index contributed by atoms with van der Waals surface area (Å²) >= 11 is 0. The molecule has 0 bridgehead atoms. The van der Waals surface area contributed by atoms with Gasteiger partial charge in [0, 0.05) is 17.5 Å². The fourth-order valence-corrected chi connectivity index (χ4v) is 3.30. The second-order valence-electron chi connectivity index (χ2n) is 6.52. The lowest BCUT2D eigenvalue weighted by atomic mass is 10.1. The van der Waals surface area contributed by atoms with Crippen LogP contribution < -0.4 is 5.32 Å².